The molecule has 56 valence electrons. The number of rotatable bonds is 0. The third-order valence-electron chi connectivity index (χ3n) is 1.52. The Hall–Kier alpha value is -1.58. The highest BCUT2D eigenvalue weighted by molar-refractivity contribution is 5.38. The lowest BCUT2D eigenvalue weighted by atomic mass is 10.3. The molecule has 0 fully saturated rings. The number of aromatic amines is 1. The maximum Gasteiger partial charge on any atom is 0.362 e. The Morgan fingerprint density at radius 3 is 3.27 bits per heavy atom. The SMILES string of the molecule is Cc1ccn2[nH]c(=O)nc2c1. The zero-order chi connectivity index (χ0) is 7.84. The summed E-state index contributed by atoms with van der Waals surface area (Å²) in [6.07, 6.45) is 1.78. The van der Waals surface area contributed by atoms with E-state index in [9.17, 15) is 4.79 Å². The molecule has 0 amide bonds. The van der Waals surface area contributed by atoms with Gasteiger partial charge in [0.2, 0.25) is 0 Å². The van der Waals surface area contributed by atoms with Crippen LogP contribution in [0, 0.1) is 6.92 Å². The number of hydrogen-bond donors (Lipinski definition) is 1. The minimum absolute atomic E-state index is 0.310. The van der Waals surface area contributed by atoms with E-state index < -0.39 is 0 Å². The first-order valence-corrected chi connectivity index (χ1v) is 3.31. The van der Waals surface area contributed by atoms with Gasteiger partial charge in [-0.25, -0.2) is 14.4 Å². The second-order valence-corrected chi connectivity index (χ2v) is 2.46. The van der Waals surface area contributed by atoms with Crippen molar-refractivity contribution in [2.45, 2.75) is 6.92 Å². The maximum absolute atomic E-state index is 10.7. The van der Waals surface area contributed by atoms with E-state index in [2.05, 4.69) is 10.1 Å². The molecule has 4 heteroatoms. The van der Waals surface area contributed by atoms with Crippen molar-refractivity contribution < 1.29 is 0 Å². The summed E-state index contributed by atoms with van der Waals surface area (Å²) in [6, 6.07) is 3.75. The molecule has 0 radical (unpaired) electrons. The molecular formula is C7H7N3O. The predicted octanol–water partition coefficient (Wildman–Crippen LogP) is 0.331. The molecule has 2 aromatic rings. The molecule has 0 spiro atoms. The van der Waals surface area contributed by atoms with Crippen molar-refractivity contribution in [2.75, 3.05) is 0 Å². The maximum atomic E-state index is 10.7. The molecule has 2 aromatic heterocycles. The number of H-pyrrole nitrogens is 1. The zero-order valence-corrected chi connectivity index (χ0v) is 6.03. The Labute approximate surface area is 62.5 Å². The molecule has 0 aliphatic carbocycles. The Balaban J connectivity index is 2.92. The number of pyridine rings is 1. The molecule has 0 aliphatic rings. The summed E-state index contributed by atoms with van der Waals surface area (Å²) in [6.45, 7) is 1.96. The predicted molar refractivity (Wildman–Crippen MR) is 40.5 cm³/mol. The molecule has 0 atom stereocenters. The Morgan fingerprint density at radius 1 is 1.64 bits per heavy atom. The van der Waals surface area contributed by atoms with E-state index in [0.717, 1.165) is 5.56 Å². The monoisotopic (exact) mass is 149 g/mol. The fourth-order valence-corrected chi connectivity index (χ4v) is 1.00. The number of aromatic nitrogens is 3. The van der Waals surface area contributed by atoms with Crippen molar-refractivity contribution in [3.8, 4) is 0 Å². The van der Waals surface area contributed by atoms with E-state index in [1.165, 1.54) is 0 Å². The van der Waals surface area contributed by atoms with E-state index >= 15 is 0 Å². The van der Waals surface area contributed by atoms with Crippen LogP contribution in [0.15, 0.2) is 23.1 Å². The van der Waals surface area contributed by atoms with Crippen LogP contribution in [0.25, 0.3) is 5.65 Å². The van der Waals surface area contributed by atoms with Crippen molar-refractivity contribution in [1.29, 1.82) is 0 Å². The third kappa shape index (κ3) is 0.920. The van der Waals surface area contributed by atoms with E-state index in [1.807, 2.05) is 19.1 Å². The van der Waals surface area contributed by atoms with Crippen LogP contribution in [0.1, 0.15) is 5.56 Å². The molecule has 2 heterocycles. The van der Waals surface area contributed by atoms with Crippen LogP contribution in [-0.2, 0) is 0 Å². The highest BCUT2D eigenvalue weighted by Crippen LogP contribution is 1.99. The Bertz CT molecular complexity index is 440. The average molecular weight is 149 g/mol. The van der Waals surface area contributed by atoms with Crippen LogP contribution in [0.2, 0.25) is 0 Å². The molecule has 1 N–H and O–H groups in total. The molecule has 4 nitrogen and oxygen atoms in total. The first kappa shape index (κ1) is 6.15. The highest BCUT2D eigenvalue weighted by atomic mass is 16.1. The topological polar surface area (TPSA) is 50.2 Å². The zero-order valence-electron chi connectivity index (χ0n) is 6.03. The van der Waals surface area contributed by atoms with Gasteiger partial charge in [0.25, 0.3) is 0 Å². The lowest BCUT2D eigenvalue weighted by molar-refractivity contribution is 0.932. The van der Waals surface area contributed by atoms with Gasteiger partial charge < -0.3 is 0 Å². The van der Waals surface area contributed by atoms with Gasteiger partial charge in [-0.2, -0.15) is 4.98 Å². The number of nitrogens with zero attached hydrogens (tertiary/aromatic N) is 2. The summed E-state index contributed by atoms with van der Waals surface area (Å²) < 4.78 is 1.59. The minimum atomic E-state index is -0.310. The van der Waals surface area contributed by atoms with Crippen LogP contribution in [0.3, 0.4) is 0 Å². The summed E-state index contributed by atoms with van der Waals surface area (Å²) in [7, 11) is 0. The Morgan fingerprint density at radius 2 is 2.45 bits per heavy atom. The lowest BCUT2D eigenvalue weighted by Gasteiger charge is -1.91. The van der Waals surface area contributed by atoms with Crippen LogP contribution in [0.5, 0.6) is 0 Å². The van der Waals surface area contributed by atoms with Gasteiger partial charge in [0.05, 0.1) is 0 Å². The van der Waals surface area contributed by atoms with E-state index in [-0.39, 0.29) is 5.69 Å². The van der Waals surface area contributed by atoms with Gasteiger partial charge in [-0.1, -0.05) is 0 Å². The molecule has 0 saturated carbocycles. The first-order valence-electron chi connectivity index (χ1n) is 3.31. The Kier molecular flexibility index (Phi) is 1.09. The fourth-order valence-electron chi connectivity index (χ4n) is 1.00. The van der Waals surface area contributed by atoms with Gasteiger partial charge >= 0.3 is 5.69 Å². The third-order valence-corrected chi connectivity index (χ3v) is 1.52. The van der Waals surface area contributed by atoms with Crippen LogP contribution >= 0.6 is 0 Å². The number of aryl methyl sites for hydroxylation is 1. The molecule has 0 aliphatic heterocycles. The first-order chi connectivity index (χ1) is 5.25. The standard InChI is InChI=1S/C7H7N3O/c1-5-2-3-10-6(4-5)8-7(11)9-10/h2-4H,1H3,(H,9,11). The summed E-state index contributed by atoms with van der Waals surface area (Å²) >= 11 is 0. The second-order valence-electron chi connectivity index (χ2n) is 2.46. The van der Waals surface area contributed by atoms with E-state index in [0.29, 0.717) is 5.65 Å². The van der Waals surface area contributed by atoms with Gasteiger partial charge in [-0.15, -0.1) is 0 Å². The summed E-state index contributed by atoms with van der Waals surface area (Å²) in [5.74, 6) is 0. The van der Waals surface area contributed by atoms with Crippen molar-refractivity contribution in [3.05, 3.63) is 34.4 Å². The number of hydrogen-bond acceptors (Lipinski definition) is 2. The molecule has 0 bridgehead atoms. The van der Waals surface area contributed by atoms with Gasteiger partial charge in [0.15, 0.2) is 5.65 Å². The minimum Gasteiger partial charge on any atom is -0.244 e. The van der Waals surface area contributed by atoms with E-state index in [1.54, 1.807) is 10.7 Å². The van der Waals surface area contributed by atoms with Gasteiger partial charge in [-0.05, 0) is 24.6 Å². The average Bonchev–Trinajstić information content (AvgIpc) is 2.27. The number of fused-ring (bicyclic) bond motifs is 1. The second kappa shape index (κ2) is 1.95. The van der Waals surface area contributed by atoms with Crippen molar-refractivity contribution >= 4 is 5.65 Å². The van der Waals surface area contributed by atoms with Crippen molar-refractivity contribution in [3.63, 3.8) is 0 Å². The van der Waals surface area contributed by atoms with Crippen molar-refractivity contribution in [2.24, 2.45) is 0 Å². The fraction of sp³-hybridized carbons (Fsp3) is 0.143. The summed E-state index contributed by atoms with van der Waals surface area (Å²) in [4.78, 5) is 14.4. The molecule has 11 heavy (non-hydrogen) atoms. The summed E-state index contributed by atoms with van der Waals surface area (Å²) in [5.41, 5.74) is 1.45. The highest BCUT2D eigenvalue weighted by Gasteiger charge is 1.95. The van der Waals surface area contributed by atoms with Crippen molar-refractivity contribution in [1.82, 2.24) is 14.6 Å². The van der Waals surface area contributed by atoms with Crippen LogP contribution < -0.4 is 5.69 Å². The summed E-state index contributed by atoms with van der Waals surface area (Å²) in [5, 5.41) is 2.54. The molecule has 2 rings (SSSR count). The molecule has 0 aromatic carbocycles. The van der Waals surface area contributed by atoms with Gasteiger partial charge in [0.1, 0.15) is 0 Å². The van der Waals surface area contributed by atoms with Gasteiger partial charge in [0, 0.05) is 6.20 Å². The molecule has 0 unspecified atom stereocenters. The van der Waals surface area contributed by atoms with Gasteiger partial charge in [-0.3, -0.25) is 0 Å². The largest absolute Gasteiger partial charge is 0.362 e. The molecular weight excluding hydrogens is 142 g/mol. The normalized spacial score (nSPS) is 10.6. The molecule has 0 saturated heterocycles. The van der Waals surface area contributed by atoms with Crippen LogP contribution in [-0.4, -0.2) is 14.6 Å². The number of nitrogens with one attached hydrogen (secondary N) is 1. The van der Waals surface area contributed by atoms with Crippen LogP contribution in [0.4, 0.5) is 0 Å². The van der Waals surface area contributed by atoms with E-state index in [4.69, 9.17) is 0 Å². The lowest BCUT2D eigenvalue weighted by Crippen LogP contribution is -2.01. The quantitative estimate of drug-likeness (QED) is 0.586. The smallest absolute Gasteiger partial charge is 0.244 e.